The molecule has 0 spiro atoms. The Hall–Kier alpha value is -0.830. The molecule has 0 aromatic carbocycles. The summed E-state index contributed by atoms with van der Waals surface area (Å²) < 4.78 is 0. The normalized spacial score (nSPS) is 24.0. The fourth-order valence-electron chi connectivity index (χ4n) is 2.58. The Labute approximate surface area is 90.7 Å². The highest BCUT2D eigenvalue weighted by molar-refractivity contribution is 5.12. The number of H-pyrrole nitrogens is 1. The Morgan fingerprint density at radius 2 is 1.87 bits per heavy atom. The van der Waals surface area contributed by atoms with Crippen molar-refractivity contribution < 1.29 is 0 Å². The fraction of sp³-hybridized carbons (Fsp3) is 0.750. The van der Waals surface area contributed by atoms with Gasteiger partial charge in [-0.15, -0.1) is 0 Å². The SMILES string of the molecule is c1nc(C2CCC2)[nH]c1C1CCNCC1. The van der Waals surface area contributed by atoms with E-state index in [-0.39, 0.29) is 0 Å². The standard InChI is InChI=1S/C12H19N3/c1-2-10(3-1)12-14-8-11(15-12)9-4-6-13-7-5-9/h8-10,13H,1-7H2,(H,14,15). The van der Waals surface area contributed by atoms with Crippen LogP contribution < -0.4 is 5.32 Å². The van der Waals surface area contributed by atoms with Crippen molar-refractivity contribution in [3.63, 3.8) is 0 Å². The second kappa shape index (κ2) is 3.97. The summed E-state index contributed by atoms with van der Waals surface area (Å²) in [5, 5.41) is 3.40. The highest BCUT2D eigenvalue weighted by Crippen LogP contribution is 2.35. The van der Waals surface area contributed by atoms with Crippen molar-refractivity contribution >= 4 is 0 Å². The van der Waals surface area contributed by atoms with Crippen LogP contribution in [0.15, 0.2) is 6.20 Å². The van der Waals surface area contributed by atoms with Gasteiger partial charge >= 0.3 is 0 Å². The van der Waals surface area contributed by atoms with Crippen LogP contribution in [0.4, 0.5) is 0 Å². The van der Waals surface area contributed by atoms with Gasteiger partial charge in [0, 0.05) is 23.7 Å². The van der Waals surface area contributed by atoms with Crippen molar-refractivity contribution in [2.75, 3.05) is 13.1 Å². The van der Waals surface area contributed by atoms with Crippen molar-refractivity contribution in [2.45, 2.75) is 43.9 Å². The third-order valence-corrected chi connectivity index (χ3v) is 3.89. The molecule has 1 aliphatic carbocycles. The van der Waals surface area contributed by atoms with Crippen LogP contribution in [0.3, 0.4) is 0 Å². The molecule has 2 heterocycles. The summed E-state index contributed by atoms with van der Waals surface area (Å²) in [6.45, 7) is 2.31. The van der Waals surface area contributed by atoms with E-state index in [0.29, 0.717) is 5.92 Å². The van der Waals surface area contributed by atoms with E-state index in [1.807, 2.05) is 0 Å². The number of imidazole rings is 1. The van der Waals surface area contributed by atoms with Crippen molar-refractivity contribution in [3.8, 4) is 0 Å². The topological polar surface area (TPSA) is 40.7 Å². The smallest absolute Gasteiger partial charge is 0.109 e. The number of piperidine rings is 1. The summed E-state index contributed by atoms with van der Waals surface area (Å²) >= 11 is 0. The van der Waals surface area contributed by atoms with E-state index < -0.39 is 0 Å². The molecule has 0 bridgehead atoms. The molecule has 1 saturated heterocycles. The molecule has 82 valence electrons. The van der Waals surface area contributed by atoms with Crippen LogP contribution in [0.5, 0.6) is 0 Å². The molecule has 3 rings (SSSR count). The second-order valence-corrected chi connectivity index (χ2v) is 4.88. The molecular weight excluding hydrogens is 186 g/mol. The predicted octanol–water partition coefficient (Wildman–Crippen LogP) is 2.14. The Balaban J connectivity index is 1.71. The lowest BCUT2D eigenvalue weighted by Crippen LogP contribution is -2.26. The van der Waals surface area contributed by atoms with Gasteiger partial charge in [-0.25, -0.2) is 4.98 Å². The second-order valence-electron chi connectivity index (χ2n) is 4.88. The van der Waals surface area contributed by atoms with Crippen molar-refractivity contribution in [1.82, 2.24) is 15.3 Å². The molecule has 1 aromatic rings. The van der Waals surface area contributed by atoms with Gasteiger partial charge in [0.25, 0.3) is 0 Å². The minimum atomic E-state index is 0.715. The molecule has 3 heteroatoms. The lowest BCUT2D eigenvalue weighted by molar-refractivity contribution is 0.401. The van der Waals surface area contributed by atoms with Gasteiger partial charge in [-0.2, -0.15) is 0 Å². The van der Waals surface area contributed by atoms with E-state index in [1.54, 1.807) is 0 Å². The Kier molecular flexibility index (Phi) is 2.49. The third kappa shape index (κ3) is 1.81. The average Bonchev–Trinajstić information content (AvgIpc) is 2.66. The molecule has 2 aliphatic rings. The highest BCUT2D eigenvalue weighted by Gasteiger charge is 2.24. The van der Waals surface area contributed by atoms with E-state index in [0.717, 1.165) is 19.0 Å². The maximum atomic E-state index is 4.54. The molecule has 3 nitrogen and oxygen atoms in total. The number of nitrogens with one attached hydrogen (secondary N) is 2. The molecule has 0 unspecified atom stereocenters. The Morgan fingerprint density at radius 3 is 2.53 bits per heavy atom. The highest BCUT2D eigenvalue weighted by atomic mass is 14.9. The first-order valence-electron chi connectivity index (χ1n) is 6.19. The largest absolute Gasteiger partial charge is 0.345 e. The first-order valence-corrected chi connectivity index (χ1v) is 6.19. The van der Waals surface area contributed by atoms with E-state index in [4.69, 9.17) is 0 Å². The first kappa shape index (κ1) is 9.40. The Bertz CT molecular complexity index is 321. The zero-order valence-corrected chi connectivity index (χ0v) is 9.13. The van der Waals surface area contributed by atoms with Crippen LogP contribution in [0.25, 0.3) is 0 Å². The van der Waals surface area contributed by atoms with Crippen molar-refractivity contribution in [3.05, 3.63) is 17.7 Å². The summed E-state index contributed by atoms with van der Waals surface area (Å²) in [7, 11) is 0. The Morgan fingerprint density at radius 1 is 1.07 bits per heavy atom. The first-order chi connectivity index (χ1) is 7.43. The third-order valence-electron chi connectivity index (χ3n) is 3.89. The van der Waals surface area contributed by atoms with E-state index in [2.05, 4.69) is 21.5 Å². The number of hydrogen-bond acceptors (Lipinski definition) is 2. The summed E-state index contributed by atoms with van der Waals surface area (Å²) in [5.41, 5.74) is 1.37. The molecule has 1 aromatic heterocycles. The number of aromatic nitrogens is 2. The van der Waals surface area contributed by atoms with Gasteiger partial charge in [0.1, 0.15) is 5.82 Å². The maximum Gasteiger partial charge on any atom is 0.109 e. The minimum absolute atomic E-state index is 0.715. The predicted molar refractivity (Wildman–Crippen MR) is 60.0 cm³/mol. The maximum absolute atomic E-state index is 4.54. The molecule has 0 atom stereocenters. The molecule has 0 amide bonds. The van der Waals surface area contributed by atoms with Gasteiger partial charge < -0.3 is 10.3 Å². The van der Waals surface area contributed by atoms with E-state index >= 15 is 0 Å². The molecule has 0 radical (unpaired) electrons. The lowest BCUT2D eigenvalue weighted by atomic mass is 9.85. The zero-order chi connectivity index (χ0) is 10.1. The monoisotopic (exact) mass is 205 g/mol. The summed E-state index contributed by atoms with van der Waals surface area (Å²) in [4.78, 5) is 8.08. The van der Waals surface area contributed by atoms with Crippen molar-refractivity contribution in [2.24, 2.45) is 0 Å². The molecule has 2 fully saturated rings. The molecular formula is C12H19N3. The van der Waals surface area contributed by atoms with E-state index in [9.17, 15) is 0 Å². The summed E-state index contributed by atoms with van der Waals surface area (Å²) in [6, 6.07) is 0. The van der Waals surface area contributed by atoms with Gasteiger partial charge in [-0.3, -0.25) is 0 Å². The average molecular weight is 205 g/mol. The van der Waals surface area contributed by atoms with Crippen LogP contribution in [0.2, 0.25) is 0 Å². The number of aromatic amines is 1. The number of rotatable bonds is 2. The van der Waals surface area contributed by atoms with Crippen LogP contribution in [0.1, 0.15) is 55.5 Å². The summed E-state index contributed by atoms with van der Waals surface area (Å²) in [5.74, 6) is 2.70. The molecule has 1 saturated carbocycles. The van der Waals surface area contributed by atoms with Crippen LogP contribution in [-0.2, 0) is 0 Å². The van der Waals surface area contributed by atoms with Crippen LogP contribution in [0, 0.1) is 0 Å². The number of nitrogens with zero attached hydrogens (tertiary/aromatic N) is 1. The number of hydrogen-bond donors (Lipinski definition) is 2. The van der Waals surface area contributed by atoms with Gasteiger partial charge in [0.05, 0.1) is 0 Å². The molecule has 1 aliphatic heterocycles. The fourth-order valence-corrected chi connectivity index (χ4v) is 2.58. The molecule has 15 heavy (non-hydrogen) atoms. The van der Waals surface area contributed by atoms with Crippen LogP contribution >= 0.6 is 0 Å². The van der Waals surface area contributed by atoms with Gasteiger partial charge in [0.2, 0.25) is 0 Å². The quantitative estimate of drug-likeness (QED) is 0.776. The zero-order valence-electron chi connectivity index (χ0n) is 9.13. The summed E-state index contributed by atoms with van der Waals surface area (Å²) in [6.07, 6.45) is 8.63. The van der Waals surface area contributed by atoms with Gasteiger partial charge in [0.15, 0.2) is 0 Å². The van der Waals surface area contributed by atoms with Gasteiger partial charge in [-0.1, -0.05) is 6.42 Å². The molecule has 2 N–H and O–H groups in total. The van der Waals surface area contributed by atoms with E-state index in [1.165, 1.54) is 43.6 Å². The van der Waals surface area contributed by atoms with Gasteiger partial charge in [-0.05, 0) is 38.8 Å². The lowest BCUT2D eigenvalue weighted by Gasteiger charge is -2.24. The van der Waals surface area contributed by atoms with Crippen LogP contribution in [-0.4, -0.2) is 23.1 Å². The minimum Gasteiger partial charge on any atom is -0.345 e. The van der Waals surface area contributed by atoms with Crippen molar-refractivity contribution in [1.29, 1.82) is 0 Å².